The van der Waals surface area contributed by atoms with Crippen molar-refractivity contribution in [2.75, 3.05) is 19.6 Å². The van der Waals surface area contributed by atoms with E-state index in [1.807, 2.05) is 36.4 Å². The Bertz CT molecular complexity index is 1340. The van der Waals surface area contributed by atoms with Gasteiger partial charge >= 0.3 is 0 Å². The maximum atomic E-state index is 12.8. The highest BCUT2D eigenvalue weighted by Gasteiger charge is 2.37. The molecule has 0 spiro atoms. The van der Waals surface area contributed by atoms with E-state index < -0.39 is 11.1 Å². The van der Waals surface area contributed by atoms with Gasteiger partial charge in [-0.15, -0.1) is 0 Å². The van der Waals surface area contributed by atoms with Gasteiger partial charge in [0.2, 0.25) is 5.91 Å². The summed E-state index contributed by atoms with van der Waals surface area (Å²) < 4.78 is 7.00. The van der Waals surface area contributed by atoms with Crippen LogP contribution in [0.15, 0.2) is 65.6 Å². The molecule has 0 unspecified atom stereocenters. The second-order valence-corrected chi connectivity index (χ2v) is 10.6. The van der Waals surface area contributed by atoms with Gasteiger partial charge in [0, 0.05) is 13.1 Å². The number of imide groups is 1. The SMILES string of the molecule is O=C(CN1C(=O)S/C(=C/c2ccc(OCc3cccc4ccccc34)c(I)c2)C1=O)N1CCCC1. The van der Waals surface area contributed by atoms with Crippen LogP contribution in [0.25, 0.3) is 16.8 Å². The third-order valence-corrected chi connectivity index (χ3v) is 7.89. The van der Waals surface area contributed by atoms with Crippen molar-refractivity contribution in [1.82, 2.24) is 9.80 Å². The van der Waals surface area contributed by atoms with Crippen LogP contribution in [-0.2, 0) is 16.2 Å². The van der Waals surface area contributed by atoms with E-state index >= 15 is 0 Å². The van der Waals surface area contributed by atoms with Gasteiger partial charge in [-0.3, -0.25) is 19.3 Å². The van der Waals surface area contributed by atoms with E-state index in [1.54, 1.807) is 11.0 Å². The van der Waals surface area contributed by atoms with Crippen LogP contribution in [0.5, 0.6) is 5.75 Å². The van der Waals surface area contributed by atoms with Crippen LogP contribution in [0.4, 0.5) is 4.79 Å². The van der Waals surface area contributed by atoms with Crippen molar-refractivity contribution in [2.24, 2.45) is 0 Å². The fourth-order valence-corrected chi connectivity index (χ4v) is 5.82. The summed E-state index contributed by atoms with van der Waals surface area (Å²) in [5.74, 6) is 0.159. The topological polar surface area (TPSA) is 66.9 Å². The molecule has 2 saturated heterocycles. The second kappa shape index (κ2) is 10.4. The average molecular weight is 598 g/mol. The van der Waals surface area contributed by atoms with Crippen molar-refractivity contribution in [1.29, 1.82) is 0 Å². The molecule has 0 radical (unpaired) electrons. The maximum absolute atomic E-state index is 12.8. The maximum Gasteiger partial charge on any atom is 0.294 e. The third kappa shape index (κ3) is 5.23. The van der Waals surface area contributed by atoms with Gasteiger partial charge in [0.1, 0.15) is 18.9 Å². The number of ether oxygens (including phenoxy) is 1. The van der Waals surface area contributed by atoms with E-state index in [2.05, 4.69) is 46.9 Å². The highest BCUT2D eigenvalue weighted by molar-refractivity contribution is 14.1. The molecule has 2 aliphatic heterocycles. The smallest absolute Gasteiger partial charge is 0.294 e. The molecule has 6 nitrogen and oxygen atoms in total. The Morgan fingerprint density at radius 3 is 2.60 bits per heavy atom. The molecule has 2 fully saturated rings. The number of fused-ring (bicyclic) bond motifs is 1. The molecule has 0 aromatic heterocycles. The summed E-state index contributed by atoms with van der Waals surface area (Å²) in [6.45, 7) is 1.64. The molecule has 0 aliphatic carbocycles. The number of carbonyl (C=O) groups excluding carboxylic acids is 3. The van der Waals surface area contributed by atoms with Crippen molar-refractivity contribution >= 4 is 68.3 Å². The van der Waals surface area contributed by atoms with Crippen molar-refractivity contribution < 1.29 is 19.1 Å². The molecule has 3 amide bonds. The number of halogens is 1. The number of hydrogen-bond donors (Lipinski definition) is 0. The van der Waals surface area contributed by atoms with Crippen LogP contribution in [0.2, 0.25) is 0 Å². The Hall–Kier alpha value is -2.85. The summed E-state index contributed by atoms with van der Waals surface area (Å²) in [5.41, 5.74) is 1.91. The molecule has 0 atom stereocenters. The van der Waals surface area contributed by atoms with Crippen LogP contribution >= 0.6 is 34.4 Å². The van der Waals surface area contributed by atoms with Gasteiger partial charge in [0.15, 0.2) is 0 Å². The van der Waals surface area contributed by atoms with Gasteiger partial charge in [-0.25, -0.2) is 0 Å². The molecule has 2 aliphatic rings. The van der Waals surface area contributed by atoms with Crippen LogP contribution in [0.3, 0.4) is 0 Å². The molecule has 3 aromatic carbocycles. The first kappa shape index (κ1) is 23.9. The number of amides is 3. The quantitative estimate of drug-likeness (QED) is 0.270. The van der Waals surface area contributed by atoms with E-state index in [9.17, 15) is 14.4 Å². The molecule has 0 N–H and O–H groups in total. The monoisotopic (exact) mass is 598 g/mol. The first-order valence-electron chi connectivity index (χ1n) is 11.4. The number of benzene rings is 3. The molecular weight excluding hydrogens is 575 g/mol. The van der Waals surface area contributed by atoms with Crippen molar-refractivity contribution in [3.8, 4) is 5.75 Å². The van der Waals surface area contributed by atoms with Crippen molar-refractivity contribution in [2.45, 2.75) is 19.4 Å². The molecule has 0 saturated carbocycles. The Morgan fingerprint density at radius 2 is 1.80 bits per heavy atom. The van der Waals surface area contributed by atoms with E-state index in [0.717, 1.165) is 50.0 Å². The molecule has 2 heterocycles. The molecule has 35 heavy (non-hydrogen) atoms. The van der Waals surface area contributed by atoms with Gasteiger partial charge in [-0.05, 0) is 87.3 Å². The first-order valence-corrected chi connectivity index (χ1v) is 13.3. The van der Waals surface area contributed by atoms with E-state index in [-0.39, 0.29) is 12.5 Å². The lowest BCUT2D eigenvalue weighted by Gasteiger charge is -2.18. The van der Waals surface area contributed by atoms with Crippen molar-refractivity contribution in [3.05, 3.63) is 80.3 Å². The van der Waals surface area contributed by atoms with Gasteiger partial charge < -0.3 is 9.64 Å². The van der Waals surface area contributed by atoms with Crippen molar-refractivity contribution in [3.63, 3.8) is 0 Å². The average Bonchev–Trinajstić information content (AvgIpc) is 3.49. The van der Waals surface area contributed by atoms with Crippen LogP contribution < -0.4 is 4.74 Å². The lowest BCUT2D eigenvalue weighted by molar-refractivity contribution is -0.135. The standard InChI is InChI=1S/C27H23IN2O4S/c28-22-14-18(10-11-23(22)34-17-20-8-5-7-19-6-1-2-9-21(19)20)15-24-26(32)30(27(33)35-24)16-25(31)29-12-3-4-13-29/h1-2,5-11,14-15H,3-4,12-13,16-17H2/b24-15+. The third-order valence-electron chi connectivity index (χ3n) is 6.14. The second-order valence-electron chi connectivity index (χ2n) is 8.47. The lowest BCUT2D eigenvalue weighted by Crippen LogP contribution is -2.40. The lowest BCUT2D eigenvalue weighted by atomic mass is 10.1. The van der Waals surface area contributed by atoms with Gasteiger partial charge in [0.25, 0.3) is 11.1 Å². The molecule has 0 bridgehead atoms. The fraction of sp³-hybridized carbons (Fsp3) is 0.222. The minimum atomic E-state index is -0.418. The Labute approximate surface area is 221 Å². The predicted molar refractivity (Wildman–Crippen MR) is 146 cm³/mol. The number of carbonyl (C=O) groups is 3. The van der Waals surface area contributed by atoms with Crippen LogP contribution in [-0.4, -0.2) is 46.5 Å². The highest BCUT2D eigenvalue weighted by Crippen LogP contribution is 2.33. The predicted octanol–water partition coefficient (Wildman–Crippen LogP) is 5.68. The summed E-state index contributed by atoms with van der Waals surface area (Å²) in [7, 11) is 0. The summed E-state index contributed by atoms with van der Waals surface area (Å²) >= 11 is 3.08. The van der Waals surface area contributed by atoms with E-state index in [0.29, 0.717) is 24.6 Å². The number of hydrogen-bond acceptors (Lipinski definition) is 5. The van der Waals surface area contributed by atoms with E-state index in [1.165, 1.54) is 10.8 Å². The molecule has 5 rings (SSSR count). The largest absolute Gasteiger partial charge is 0.488 e. The summed E-state index contributed by atoms with van der Waals surface area (Å²) in [6.07, 6.45) is 3.63. The fourth-order valence-electron chi connectivity index (χ4n) is 4.29. The number of thioether (sulfide) groups is 1. The van der Waals surface area contributed by atoms with Crippen LogP contribution in [0, 0.1) is 3.57 Å². The number of nitrogens with zero attached hydrogens (tertiary/aromatic N) is 2. The minimum absolute atomic E-state index is 0.173. The van der Waals surface area contributed by atoms with Gasteiger partial charge in [0.05, 0.1) is 8.48 Å². The molecule has 3 aromatic rings. The number of rotatable bonds is 6. The molecule has 8 heteroatoms. The first-order chi connectivity index (χ1) is 17.0. The normalized spacial score (nSPS) is 17.1. The highest BCUT2D eigenvalue weighted by atomic mass is 127. The summed E-state index contributed by atoms with van der Waals surface area (Å²) in [5, 5.41) is 1.94. The molecule has 178 valence electrons. The Morgan fingerprint density at radius 1 is 1.03 bits per heavy atom. The van der Waals surface area contributed by atoms with Crippen LogP contribution in [0.1, 0.15) is 24.0 Å². The Kier molecular flexibility index (Phi) is 7.10. The number of likely N-dealkylation sites (tertiary alicyclic amines) is 1. The summed E-state index contributed by atoms with van der Waals surface area (Å²) in [4.78, 5) is 40.7. The van der Waals surface area contributed by atoms with Gasteiger partial charge in [-0.2, -0.15) is 0 Å². The molecular formula is C27H23IN2O4S. The zero-order valence-electron chi connectivity index (χ0n) is 18.9. The van der Waals surface area contributed by atoms with Gasteiger partial charge in [-0.1, -0.05) is 48.5 Å². The van der Waals surface area contributed by atoms with E-state index in [4.69, 9.17) is 4.74 Å². The summed E-state index contributed by atoms with van der Waals surface area (Å²) in [6, 6.07) is 20.1. The minimum Gasteiger partial charge on any atom is -0.488 e. The zero-order chi connectivity index (χ0) is 24.4. The zero-order valence-corrected chi connectivity index (χ0v) is 21.9. The Balaban J connectivity index is 1.26.